The molecule has 0 radical (unpaired) electrons. The molecule has 1 heterocycles. The minimum Gasteiger partial charge on any atom is -0.256 e. The Morgan fingerprint density at radius 1 is 0.531 bits per heavy atom. The van der Waals surface area contributed by atoms with Crippen molar-refractivity contribution in [2.24, 2.45) is 0 Å². The molecule has 0 bridgehead atoms. The number of aromatic nitrogens is 1. The molecule has 156 valence electrons. The zero-order valence-electron chi connectivity index (χ0n) is 19.1. The first kappa shape index (κ1) is 19.3. The topological polar surface area (TPSA) is 12.9 Å². The third kappa shape index (κ3) is 2.54. The smallest absolute Gasteiger partial charge is 0.0702 e. The summed E-state index contributed by atoms with van der Waals surface area (Å²) in [6.45, 7) is 9.54. The Kier molecular flexibility index (Phi) is 3.93. The molecule has 32 heavy (non-hydrogen) atoms. The molecule has 0 N–H and O–H groups in total. The molecule has 1 nitrogen and oxygen atoms in total. The van der Waals surface area contributed by atoms with Crippen LogP contribution in [0.2, 0.25) is 0 Å². The van der Waals surface area contributed by atoms with Crippen LogP contribution < -0.4 is 0 Å². The number of fused-ring (bicyclic) bond motifs is 4. The van der Waals surface area contributed by atoms with E-state index in [1.165, 1.54) is 50.1 Å². The molecule has 4 aromatic rings. The van der Waals surface area contributed by atoms with Gasteiger partial charge >= 0.3 is 0 Å². The van der Waals surface area contributed by atoms with E-state index in [1.54, 1.807) is 0 Å². The van der Waals surface area contributed by atoms with E-state index in [0.29, 0.717) is 0 Å². The lowest BCUT2D eigenvalue weighted by Crippen LogP contribution is -2.19. The SMILES string of the molecule is CC1(C)C2=C(c3ccc(-c4ccccc4)cc31)C(C)(C)c1cc(-c3ccccn3)ccc12. The highest BCUT2D eigenvalue weighted by Gasteiger charge is 2.49. The molecule has 2 aliphatic rings. The molecule has 0 fully saturated rings. The number of hydrogen-bond acceptors (Lipinski definition) is 1. The Morgan fingerprint density at radius 2 is 1.09 bits per heavy atom. The summed E-state index contributed by atoms with van der Waals surface area (Å²) in [4.78, 5) is 4.58. The summed E-state index contributed by atoms with van der Waals surface area (Å²) < 4.78 is 0. The van der Waals surface area contributed by atoms with Gasteiger partial charge in [0.05, 0.1) is 5.69 Å². The van der Waals surface area contributed by atoms with Crippen molar-refractivity contribution in [3.05, 3.63) is 113 Å². The Labute approximate surface area is 190 Å². The van der Waals surface area contributed by atoms with Crippen molar-refractivity contribution in [2.45, 2.75) is 38.5 Å². The standard InChI is InChI=1S/C31H27N/c1-30(2)25-18-21(20-10-6-5-7-11-20)13-15-23(25)28-29(30)24-16-14-22(19-26(24)31(28,3)4)27-12-8-9-17-32-27/h5-19H,1-4H3. The Balaban J connectivity index is 1.51. The van der Waals surface area contributed by atoms with E-state index in [4.69, 9.17) is 0 Å². The summed E-state index contributed by atoms with van der Waals surface area (Å²) in [5.74, 6) is 0. The van der Waals surface area contributed by atoms with Gasteiger partial charge in [-0.25, -0.2) is 0 Å². The van der Waals surface area contributed by atoms with Gasteiger partial charge in [-0.3, -0.25) is 4.98 Å². The van der Waals surface area contributed by atoms with Crippen LogP contribution in [0, 0.1) is 0 Å². The maximum Gasteiger partial charge on any atom is 0.0702 e. The second kappa shape index (κ2) is 6.53. The third-order valence-electron chi connectivity index (χ3n) is 7.49. The molecular formula is C31H27N. The zero-order chi connectivity index (χ0) is 22.1. The quantitative estimate of drug-likeness (QED) is 0.325. The number of hydrogen-bond donors (Lipinski definition) is 0. The summed E-state index contributed by atoms with van der Waals surface area (Å²) in [5, 5.41) is 0. The van der Waals surface area contributed by atoms with Crippen LogP contribution in [0.4, 0.5) is 0 Å². The molecule has 2 aliphatic carbocycles. The monoisotopic (exact) mass is 413 g/mol. The molecular weight excluding hydrogens is 386 g/mol. The molecule has 0 amide bonds. The molecule has 0 saturated heterocycles. The van der Waals surface area contributed by atoms with E-state index in [1.807, 2.05) is 12.3 Å². The van der Waals surface area contributed by atoms with Crippen LogP contribution in [-0.2, 0) is 10.8 Å². The van der Waals surface area contributed by atoms with Crippen LogP contribution in [0.25, 0.3) is 33.5 Å². The van der Waals surface area contributed by atoms with Gasteiger partial charge in [0.15, 0.2) is 0 Å². The lowest BCUT2D eigenvalue weighted by atomic mass is 9.75. The van der Waals surface area contributed by atoms with Gasteiger partial charge in [-0.2, -0.15) is 0 Å². The lowest BCUT2D eigenvalue weighted by Gasteiger charge is -2.28. The fraction of sp³-hybridized carbons (Fsp3) is 0.194. The summed E-state index contributed by atoms with van der Waals surface area (Å²) in [7, 11) is 0. The van der Waals surface area contributed by atoms with Crippen LogP contribution in [-0.4, -0.2) is 4.98 Å². The molecule has 1 heteroatoms. The van der Waals surface area contributed by atoms with Gasteiger partial charge in [-0.1, -0.05) is 88.4 Å². The van der Waals surface area contributed by atoms with E-state index in [-0.39, 0.29) is 10.8 Å². The average Bonchev–Trinajstić information content (AvgIpc) is 3.21. The first-order valence-corrected chi connectivity index (χ1v) is 11.4. The Morgan fingerprint density at radius 3 is 1.69 bits per heavy atom. The second-order valence-corrected chi connectivity index (χ2v) is 10.1. The summed E-state index contributed by atoms with van der Waals surface area (Å²) in [6, 6.07) is 30.8. The Bertz CT molecular complexity index is 1280. The van der Waals surface area contributed by atoms with Crippen LogP contribution in [0.3, 0.4) is 0 Å². The molecule has 0 unspecified atom stereocenters. The van der Waals surface area contributed by atoms with Crippen LogP contribution in [0.15, 0.2) is 91.1 Å². The van der Waals surface area contributed by atoms with E-state index in [0.717, 1.165) is 5.69 Å². The van der Waals surface area contributed by atoms with E-state index in [9.17, 15) is 0 Å². The van der Waals surface area contributed by atoms with Gasteiger partial charge in [-0.15, -0.1) is 0 Å². The van der Waals surface area contributed by atoms with Crippen LogP contribution >= 0.6 is 0 Å². The predicted octanol–water partition coefficient (Wildman–Crippen LogP) is 7.91. The number of benzene rings is 3. The van der Waals surface area contributed by atoms with Gasteiger partial charge in [0.2, 0.25) is 0 Å². The van der Waals surface area contributed by atoms with Crippen molar-refractivity contribution in [1.82, 2.24) is 4.98 Å². The third-order valence-corrected chi connectivity index (χ3v) is 7.49. The highest BCUT2D eigenvalue weighted by molar-refractivity contribution is 6.10. The van der Waals surface area contributed by atoms with Crippen molar-refractivity contribution in [2.75, 3.05) is 0 Å². The number of allylic oxidation sites excluding steroid dienone is 2. The second-order valence-electron chi connectivity index (χ2n) is 10.1. The largest absolute Gasteiger partial charge is 0.256 e. The number of nitrogens with zero attached hydrogens (tertiary/aromatic N) is 1. The van der Waals surface area contributed by atoms with Gasteiger partial charge in [0.25, 0.3) is 0 Å². The fourth-order valence-corrected chi connectivity index (χ4v) is 5.90. The molecule has 0 atom stereocenters. The first-order chi connectivity index (χ1) is 15.4. The lowest BCUT2D eigenvalue weighted by molar-refractivity contribution is 0.694. The Hall–Kier alpha value is -3.45. The van der Waals surface area contributed by atoms with Crippen LogP contribution in [0.5, 0.6) is 0 Å². The highest BCUT2D eigenvalue weighted by atomic mass is 14.7. The fourth-order valence-electron chi connectivity index (χ4n) is 5.90. The summed E-state index contributed by atoms with van der Waals surface area (Å²) in [5.41, 5.74) is 13.3. The van der Waals surface area contributed by atoms with Crippen molar-refractivity contribution >= 4 is 11.1 Å². The van der Waals surface area contributed by atoms with E-state index in [2.05, 4.69) is 112 Å². The van der Waals surface area contributed by atoms with Crippen molar-refractivity contribution in [3.8, 4) is 22.4 Å². The molecule has 0 spiro atoms. The maximum absolute atomic E-state index is 4.58. The predicted molar refractivity (Wildman–Crippen MR) is 134 cm³/mol. The molecule has 0 saturated carbocycles. The minimum atomic E-state index is -0.0494. The van der Waals surface area contributed by atoms with Crippen LogP contribution in [0.1, 0.15) is 49.9 Å². The number of pyridine rings is 1. The normalized spacial score (nSPS) is 17.1. The van der Waals surface area contributed by atoms with E-state index < -0.39 is 0 Å². The summed E-state index contributed by atoms with van der Waals surface area (Å²) >= 11 is 0. The average molecular weight is 414 g/mol. The van der Waals surface area contributed by atoms with E-state index >= 15 is 0 Å². The van der Waals surface area contributed by atoms with Gasteiger partial charge in [0.1, 0.15) is 0 Å². The zero-order valence-corrected chi connectivity index (χ0v) is 19.1. The van der Waals surface area contributed by atoms with Gasteiger partial charge < -0.3 is 0 Å². The highest BCUT2D eigenvalue weighted by Crippen LogP contribution is 2.63. The maximum atomic E-state index is 4.58. The molecule has 1 aromatic heterocycles. The minimum absolute atomic E-state index is 0.0372. The molecule has 0 aliphatic heterocycles. The molecule has 3 aromatic carbocycles. The first-order valence-electron chi connectivity index (χ1n) is 11.4. The van der Waals surface area contributed by atoms with Gasteiger partial charge in [0, 0.05) is 22.6 Å². The van der Waals surface area contributed by atoms with Crippen molar-refractivity contribution in [3.63, 3.8) is 0 Å². The van der Waals surface area contributed by atoms with Crippen molar-refractivity contribution < 1.29 is 0 Å². The van der Waals surface area contributed by atoms with Gasteiger partial charge in [-0.05, 0) is 68.8 Å². The summed E-state index contributed by atoms with van der Waals surface area (Å²) in [6.07, 6.45) is 1.87. The molecule has 6 rings (SSSR count). The van der Waals surface area contributed by atoms with Crippen molar-refractivity contribution in [1.29, 1.82) is 0 Å². The number of rotatable bonds is 2.